The van der Waals surface area contributed by atoms with Gasteiger partial charge in [-0.25, -0.2) is 0 Å². The van der Waals surface area contributed by atoms with Gasteiger partial charge in [0, 0.05) is 0 Å². The van der Waals surface area contributed by atoms with Gasteiger partial charge in [0.2, 0.25) is 0 Å². The summed E-state index contributed by atoms with van der Waals surface area (Å²) in [6.07, 6.45) is 2.95. The fraction of sp³-hybridized carbons (Fsp3) is 1.00. The third kappa shape index (κ3) is 2.74. The first-order valence-electron chi connectivity index (χ1n) is 4.04. The maximum atomic E-state index is 2.68. The Labute approximate surface area is 68.8 Å². The van der Waals surface area contributed by atoms with Crippen LogP contribution in [0.1, 0.15) is 19.8 Å². The van der Waals surface area contributed by atoms with Gasteiger partial charge in [-0.05, 0) is 0 Å². The Morgan fingerprint density at radius 3 is 2.70 bits per heavy atom. The van der Waals surface area contributed by atoms with Gasteiger partial charge in [-0.3, -0.25) is 0 Å². The molecule has 0 aliphatic carbocycles. The van der Waals surface area contributed by atoms with Crippen molar-refractivity contribution < 1.29 is 22.2 Å². The molecule has 1 aliphatic heterocycles. The van der Waals surface area contributed by atoms with Gasteiger partial charge in [0.1, 0.15) is 0 Å². The van der Waals surface area contributed by atoms with E-state index in [9.17, 15) is 0 Å². The molecular formula is C8H20IN. The summed E-state index contributed by atoms with van der Waals surface area (Å²) in [5.74, 6) is 1.00. The minimum absolute atomic E-state index is 1.00. The molecule has 64 valence electrons. The van der Waals surface area contributed by atoms with Crippen LogP contribution in [0.5, 0.6) is 0 Å². The van der Waals surface area contributed by atoms with Crippen molar-refractivity contribution in [3.8, 4) is 0 Å². The van der Waals surface area contributed by atoms with Crippen LogP contribution in [0.2, 0.25) is 0 Å². The van der Waals surface area contributed by atoms with Crippen molar-refractivity contribution in [2.75, 3.05) is 20.8 Å². The van der Waals surface area contributed by atoms with Gasteiger partial charge in [-0.2, -0.15) is 0 Å². The van der Waals surface area contributed by atoms with Crippen molar-refractivity contribution in [3.63, 3.8) is 0 Å². The van der Waals surface area contributed by atoms with Gasteiger partial charge in [-0.1, -0.05) is 0 Å². The molecule has 1 nitrogen and oxygen atoms in total. The van der Waals surface area contributed by atoms with Gasteiger partial charge >= 0.3 is 68.8 Å². The second-order valence-corrected chi connectivity index (χ2v) is 14.4. The SMILES string of the molecule is CC1CC[NH2+][I-](C)(C)CC1. The molecule has 0 aromatic heterocycles. The summed E-state index contributed by atoms with van der Waals surface area (Å²) in [7, 11) is 0. The molecular weight excluding hydrogens is 237 g/mol. The Morgan fingerprint density at radius 1 is 1.30 bits per heavy atom. The number of hydrogen-bond donors (Lipinski definition) is 1. The third-order valence-corrected chi connectivity index (χ3v) is 8.69. The fourth-order valence-electron chi connectivity index (χ4n) is 1.33. The number of halogens is 1. The summed E-state index contributed by atoms with van der Waals surface area (Å²) in [5, 5.41) is 0. The Balaban J connectivity index is 2.41. The number of hydrogen-bond acceptors (Lipinski definition) is 0. The predicted molar refractivity (Wildman–Crippen MR) is 41.9 cm³/mol. The first kappa shape index (κ1) is 8.78. The minimum atomic E-state index is -1.20. The average Bonchev–Trinajstić information content (AvgIpc) is 1.94. The van der Waals surface area contributed by atoms with E-state index in [1.165, 1.54) is 19.4 Å². The van der Waals surface area contributed by atoms with E-state index in [2.05, 4.69) is 20.3 Å². The molecule has 10 heavy (non-hydrogen) atoms. The normalized spacial score (nSPS) is 36.5. The molecule has 0 radical (unpaired) electrons. The van der Waals surface area contributed by atoms with Crippen LogP contribution < -0.4 is 22.2 Å². The molecule has 0 bridgehead atoms. The zero-order valence-electron chi connectivity index (χ0n) is 7.36. The molecule has 1 heterocycles. The predicted octanol–water partition coefficient (Wildman–Crippen LogP) is -2.69. The van der Waals surface area contributed by atoms with Gasteiger partial charge in [0.05, 0.1) is 0 Å². The van der Waals surface area contributed by atoms with Crippen LogP contribution >= 0.6 is 0 Å². The van der Waals surface area contributed by atoms with Crippen molar-refractivity contribution in [2.45, 2.75) is 19.8 Å². The zero-order chi connectivity index (χ0) is 7.61. The molecule has 1 saturated heterocycles. The number of rotatable bonds is 0. The Hall–Kier alpha value is 0.690. The van der Waals surface area contributed by atoms with Gasteiger partial charge in [-0.15, -0.1) is 0 Å². The summed E-state index contributed by atoms with van der Waals surface area (Å²) in [5.41, 5.74) is 0. The van der Waals surface area contributed by atoms with E-state index in [4.69, 9.17) is 0 Å². The Kier molecular flexibility index (Phi) is 2.98. The topological polar surface area (TPSA) is 16.6 Å². The van der Waals surface area contributed by atoms with E-state index in [1.807, 2.05) is 0 Å². The summed E-state index contributed by atoms with van der Waals surface area (Å²) in [6, 6.07) is 0. The maximum absolute atomic E-state index is 2.68. The zero-order valence-corrected chi connectivity index (χ0v) is 9.52. The van der Waals surface area contributed by atoms with Crippen molar-refractivity contribution in [1.82, 2.24) is 0 Å². The number of quaternary nitrogens is 1. The van der Waals surface area contributed by atoms with Gasteiger partial charge in [0.25, 0.3) is 0 Å². The quantitative estimate of drug-likeness (QED) is 0.277. The van der Waals surface area contributed by atoms with Gasteiger partial charge < -0.3 is 0 Å². The van der Waals surface area contributed by atoms with Crippen LogP contribution in [0.25, 0.3) is 0 Å². The second kappa shape index (κ2) is 3.39. The van der Waals surface area contributed by atoms with Crippen LogP contribution in [0.3, 0.4) is 0 Å². The van der Waals surface area contributed by atoms with E-state index in [-0.39, 0.29) is 0 Å². The number of alkyl halides is 3. The molecule has 1 fully saturated rings. The molecule has 1 unspecified atom stereocenters. The second-order valence-electron chi connectivity index (χ2n) is 3.82. The van der Waals surface area contributed by atoms with E-state index < -0.39 is 18.7 Å². The van der Waals surface area contributed by atoms with Crippen LogP contribution in [0.15, 0.2) is 0 Å². The van der Waals surface area contributed by atoms with Crippen LogP contribution in [-0.2, 0) is 0 Å². The molecule has 1 atom stereocenters. The molecule has 0 aromatic rings. The first-order valence-corrected chi connectivity index (χ1v) is 11.1. The third-order valence-electron chi connectivity index (χ3n) is 2.28. The van der Waals surface area contributed by atoms with Crippen LogP contribution in [-0.4, -0.2) is 20.8 Å². The van der Waals surface area contributed by atoms with Crippen molar-refractivity contribution >= 4 is 0 Å². The molecule has 0 aromatic carbocycles. The standard InChI is InChI=1S/C8H20IN/c1-8-4-6-9(2,3)10-7-5-8/h8H,4-7,10H2,1-3H3. The molecule has 2 N–H and O–H groups in total. The van der Waals surface area contributed by atoms with E-state index in [0.717, 1.165) is 5.92 Å². The van der Waals surface area contributed by atoms with Gasteiger partial charge in [0.15, 0.2) is 0 Å². The van der Waals surface area contributed by atoms with Crippen molar-refractivity contribution in [1.29, 1.82) is 0 Å². The number of nitrogens with two attached hydrogens (primary N) is 1. The van der Waals surface area contributed by atoms with Crippen molar-refractivity contribution in [2.24, 2.45) is 5.92 Å². The molecule has 0 amide bonds. The monoisotopic (exact) mass is 257 g/mol. The van der Waals surface area contributed by atoms with Crippen molar-refractivity contribution in [3.05, 3.63) is 0 Å². The summed E-state index contributed by atoms with van der Waals surface area (Å²) < 4.78 is 4.24. The summed E-state index contributed by atoms with van der Waals surface area (Å²) >= 11 is -1.20. The summed E-state index contributed by atoms with van der Waals surface area (Å²) in [6.45, 7) is 3.81. The molecule has 0 saturated carbocycles. The fourth-order valence-corrected chi connectivity index (χ4v) is 6.49. The first-order chi connectivity index (χ1) is 4.60. The summed E-state index contributed by atoms with van der Waals surface area (Å²) in [4.78, 5) is 5.06. The molecule has 2 heteroatoms. The van der Waals surface area contributed by atoms with E-state index in [1.54, 1.807) is 4.43 Å². The van der Waals surface area contributed by atoms with E-state index in [0.29, 0.717) is 0 Å². The molecule has 0 spiro atoms. The Morgan fingerprint density at radius 2 is 2.00 bits per heavy atom. The van der Waals surface area contributed by atoms with Crippen LogP contribution in [0, 0.1) is 5.92 Å². The molecule has 1 rings (SSSR count). The van der Waals surface area contributed by atoms with E-state index >= 15 is 0 Å². The Bertz CT molecular complexity index is 112. The molecule has 1 aliphatic rings. The average molecular weight is 257 g/mol. The van der Waals surface area contributed by atoms with Crippen LogP contribution in [0.4, 0.5) is 0 Å².